The molecule has 0 bridgehead atoms. The molecule has 0 radical (unpaired) electrons. The van der Waals surface area contributed by atoms with Crippen LogP contribution in [0.2, 0.25) is 10.0 Å². The first-order chi connectivity index (χ1) is 14.4. The van der Waals surface area contributed by atoms with Crippen molar-refractivity contribution in [3.63, 3.8) is 0 Å². The lowest BCUT2D eigenvalue weighted by atomic mass is 10.2. The molecular weight excluding hydrogens is 423 g/mol. The Morgan fingerprint density at radius 1 is 1.00 bits per heavy atom. The molecule has 0 spiro atoms. The van der Waals surface area contributed by atoms with Gasteiger partial charge in [-0.2, -0.15) is 0 Å². The Morgan fingerprint density at radius 3 is 2.57 bits per heavy atom. The van der Waals surface area contributed by atoms with Crippen molar-refractivity contribution in [2.45, 2.75) is 13.5 Å². The third-order valence-electron chi connectivity index (χ3n) is 4.30. The van der Waals surface area contributed by atoms with E-state index in [-0.39, 0.29) is 12.5 Å². The summed E-state index contributed by atoms with van der Waals surface area (Å²) in [6.07, 6.45) is 0. The molecule has 0 saturated carbocycles. The lowest BCUT2D eigenvalue weighted by molar-refractivity contribution is -0.118. The van der Waals surface area contributed by atoms with Crippen LogP contribution in [-0.2, 0) is 11.3 Å². The van der Waals surface area contributed by atoms with Crippen LogP contribution in [0.25, 0.3) is 0 Å². The molecule has 5 nitrogen and oxygen atoms in total. The molecule has 0 heterocycles. The molecule has 30 heavy (non-hydrogen) atoms. The summed E-state index contributed by atoms with van der Waals surface area (Å²) in [5.41, 5.74) is 3.56. The molecule has 7 heteroatoms. The van der Waals surface area contributed by atoms with Gasteiger partial charge in [-0.15, -0.1) is 0 Å². The van der Waals surface area contributed by atoms with E-state index in [4.69, 9.17) is 32.7 Å². The molecule has 0 aromatic heterocycles. The van der Waals surface area contributed by atoms with Gasteiger partial charge in [0, 0.05) is 17.3 Å². The largest absolute Gasteiger partial charge is 0.493 e. The highest BCUT2D eigenvalue weighted by Crippen LogP contribution is 2.30. The van der Waals surface area contributed by atoms with Crippen LogP contribution in [-0.4, -0.2) is 19.6 Å². The van der Waals surface area contributed by atoms with Crippen molar-refractivity contribution in [3.8, 4) is 11.5 Å². The Labute approximate surface area is 185 Å². The molecule has 0 atom stereocenters. The quantitative estimate of drug-likeness (QED) is 0.451. The SMILES string of the molecule is COc1cc(CNc2ccc(Cl)cc2Cl)ccc1OCC(=O)Nc1cccc(C)c1. The van der Waals surface area contributed by atoms with Gasteiger partial charge >= 0.3 is 0 Å². The maximum absolute atomic E-state index is 12.2. The smallest absolute Gasteiger partial charge is 0.262 e. The van der Waals surface area contributed by atoms with Crippen molar-refractivity contribution in [1.29, 1.82) is 0 Å². The topological polar surface area (TPSA) is 59.6 Å². The molecule has 2 N–H and O–H groups in total. The van der Waals surface area contributed by atoms with Crippen LogP contribution in [0.1, 0.15) is 11.1 Å². The molecule has 1 amide bonds. The van der Waals surface area contributed by atoms with E-state index in [0.717, 1.165) is 22.5 Å². The van der Waals surface area contributed by atoms with E-state index in [1.165, 1.54) is 0 Å². The predicted octanol–water partition coefficient (Wildman–Crippen LogP) is 5.94. The number of rotatable bonds is 8. The molecule has 156 valence electrons. The predicted molar refractivity (Wildman–Crippen MR) is 122 cm³/mol. The van der Waals surface area contributed by atoms with Crippen LogP contribution in [0, 0.1) is 6.92 Å². The maximum Gasteiger partial charge on any atom is 0.262 e. The van der Waals surface area contributed by atoms with Gasteiger partial charge in [0.15, 0.2) is 18.1 Å². The average Bonchev–Trinajstić information content (AvgIpc) is 2.72. The Hall–Kier alpha value is -2.89. The number of hydrogen-bond donors (Lipinski definition) is 2. The number of hydrogen-bond acceptors (Lipinski definition) is 4. The maximum atomic E-state index is 12.2. The number of methoxy groups -OCH3 is 1. The van der Waals surface area contributed by atoms with Crippen LogP contribution in [0.3, 0.4) is 0 Å². The average molecular weight is 445 g/mol. The molecule has 0 unspecified atom stereocenters. The number of amides is 1. The Kier molecular flexibility index (Phi) is 7.44. The minimum Gasteiger partial charge on any atom is -0.493 e. The lowest BCUT2D eigenvalue weighted by Gasteiger charge is -2.14. The summed E-state index contributed by atoms with van der Waals surface area (Å²) < 4.78 is 11.1. The van der Waals surface area contributed by atoms with Gasteiger partial charge in [-0.1, -0.05) is 41.4 Å². The van der Waals surface area contributed by atoms with Gasteiger partial charge < -0.3 is 20.1 Å². The van der Waals surface area contributed by atoms with Crippen LogP contribution in [0.4, 0.5) is 11.4 Å². The summed E-state index contributed by atoms with van der Waals surface area (Å²) in [5, 5.41) is 7.20. The van der Waals surface area contributed by atoms with Gasteiger partial charge in [0.1, 0.15) is 0 Å². The summed E-state index contributed by atoms with van der Waals surface area (Å²) in [6, 6.07) is 18.4. The van der Waals surface area contributed by atoms with Gasteiger partial charge in [-0.3, -0.25) is 4.79 Å². The Morgan fingerprint density at radius 2 is 1.83 bits per heavy atom. The van der Waals surface area contributed by atoms with Crippen molar-refractivity contribution >= 4 is 40.5 Å². The zero-order chi connectivity index (χ0) is 21.5. The van der Waals surface area contributed by atoms with Crippen molar-refractivity contribution in [1.82, 2.24) is 0 Å². The van der Waals surface area contributed by atoms with Gasteiger partial charge in [0.2, 0.25) is 0 Å². The summed E-state index contributed by atoms with van der Waals surface area (Å²) in [7, 11) is 1.56. The number of carbonyl (C=O) groups is 1. The van der Waals surface area contributed by atoms with E-state index in [1.54, 1.807) is 25.3 Å². The minimum absolute atomic E-state index is 0.123. The van der Waals surface area contributed by atoms with E-state index in [2.05, 4.69) is 10.6 Å². The molecule has 0 aliphatic carbocycles. The number of benzene rings is 3. The molecule has 3 aromatic rings. The number of ether oxygens (including phenoxy) is 2. The van der Waals surface area contributed by atoms with Crippen molar-refractivity contribution in [2.75, 3.05) is 24.4 Å². The molecule has 3 rings (SSSR count). The highest BCUT2D eigenvalue weighted by atomic mass is 35.5. The minimum atomic E-state index is -0.245. The zero-order valence-corrected chi connectivity index (χ0v) is 18.2. The van der Waals surface area contributed by atoms with Gasteiger partial charge in [0.25, 0.3) is 5.91 Å². The standard InChI is InChI=1S/C23H22Cl2N2O3/c1-15-4-3-5-18(10-15)27-23(28)14-30-21-9-6-16(11-22(21)29-2)13-26-20-8-7-17(24)12-19(20)25/h3-12,26H,13-14H2,1-2H3,(H,27,28). The highest BCUT2D eigenvalue weighted by molar-refractivity contribution is 6.36. The van der Waals surface area contributed by atoms with Gasteiger partial charge in [0.05, 0.1) is 17.8 Å². The highest BCUT2D eigenvalue weighted by Gasteiger charge is 2.10. The normalized spacial score (nSPS) is 10.4. The summed E-state index contributed by atoms with van der Waals surface area (Å²) in [5.74, 6) is 0.788. The molecule has 0 aliphatic rings. The zero-order valence-electron chi connectivity index (χ0n) is 16.7. The number of nitrogens with one attached hydrogen (secondary N) is 2. The molecule has 3 aromatic carbocycles. The number of aryl methyl sites for hydroxylation is 1. The van der Waals surface area contributed by atoms with Crippen molar-refractivity contribution < 1.29 is 14.3 Å². The Bertz CT molecular complexity index is 1040. The first-order valence-corrected chi connectivity index (χ1v) is 10.1. The first kappa shape index (κ1) is 21.8. The van der Waals surface area contributed by atoms with E-state index in [0.29, 0.717) is 28.1 Å². The summed E-state index contributed by atoms with van der Waals surface area (Å²) in [6.45, 7) is 2.38. The second kappa shape index (κ2) is 10.2. The monoisotopic (exact) mass is 444 g/mol. The second-order valence-corrected chi connectivity index (χ2v) is 7.51. The fourth-order valence-corrected chi connectivity index (χ4v) is 3.31. The lowest BCUT2D eigenvalue weighted by Crippen LogP contribution is -2.20. The Balaban J connectivity index is 1.59. The van der Waals surface area contributed by atoms with E-state index in [1.807, 2.05) is 49.4 Å². The second-order valence-electron chi connectivity index (χ2n) is 6.67. The van der Waals surface area contributed by atoms with E-state index in [9.17, 15) is 4.79 Å². The van der Waals surface area contributed by atoms with E-state index < -0.39 is 0 Å². The van der Waals surface area contributed by atoms with Crippen molar-refractivity contribution in [3.05, 3.63) is 81.8 Å². The molecule has 0 aliphatic heterocycles. The van der Waals surface area contributed by atoms with Crippen LogP contribution in [0.5, 0.6) is 11.5 Å². The fraction of sp³-hybridized carbons (Fsp3) is 0.174. The summed E-state index contributed by atoms with van der Waals surface area (Å²) >= 11 is 12.1. The molecular formula is C23H22Cl2N2O3. The fourth-order valence-electron chi connectivity index (χ4n) is 2.83. The van der Waals surface area contributed by atoms with Crippen LogP contribution < -0.4 is 20.1 Å². The first-order valence-electron chi connectivity index (χ1n) is 9.30. The van der Waals surface area contributed by atoms with Gasteiger partial charge in [-0.05, 0) is 60.5 Å². The molecule has 0 saturated heterocycles. The van der Waals surface area contributed by atoms with Gasteiger partial charge in [-0.25, -0.2) is 0 Å². The molecule has 0 fully saturated rings. The van der Waals surface area contributed by atoms with Crippen LogP contribution >= 0.6 is 23.2 Å². The van der Waals surface area contributed by atoms with E-state index >= 15 is 0 Å². The van der Waals surface area contributed by atoms with Crippen LogP contribution in [0.15, 0.2) is 60.7 Å². The third kappa shape index (κ3) is 6.05. The summed E-state index contributed by atoms with van der Waals surface area (Å²) in [4.78, 5) is 12.2. The third-order valence-corrected chi connectivity index (χ3v) is 4.85. The van der Waals surface area contributed by atoms with Crippen molar-refractivity contribution in [2.24, 2.45) is 0 Å². The number of anilines is 2. The number of halogens is 2. The number of carbonyl (C=O) groups excluding carboxylic acids is 1.